The number of ether oxygens (including phenoxy) is 3. The summed E-state index contributed by atoms with van der Waals surface area (Å²) < 4.78 is 16.3. The molecule has 0 radical (unpaired) electrons. The fourth-order valence-corrected chi connectivity index (χ4v) is 3.76. The zero-order valence-corrected chi connectivity index (χ0v) is 27.6. The summed E-state index contributed by atoms with van der Waals surface area (Å²) in [6, 6.07) is 15.1. The first-order valence-corrected chi connectivity index (χ1v) is 14.6. The molecule has 12 nitrogen and oxygen atoms in total. The Morgan fingerprint density at radius 3 is 1.81 bits per heavy atom. The van der Waals surface area contributed by atoms with E-state index in [1.807, 2.05) is 48.5 Å². The van der Waals surface area contributed by atoms with Crippen LogP contribution in [-0.4, -0.2) is 82.9 Å². The molecule has 14 heteroatoms. The Hall–Kier alpha value is -2.59. The van der Waals surface area contributed by atoms with Gasteiger partial charge in [-0.25, -0.2) is 24.4 Å². The van der Waals surface area contributed by atoms with E-state index < -0.39 is 35.8 Å². The molecule has 2 atom stereocenters. The summed E-state index contributed by atoms with van der Waals surface area (Å²) in [5, 5.41) is 22.2. The maximum atomic E-state index is 12.0. The third-order valence-electron chi connectivity index (χ3n) is 5.07. The van der Waals surface area contributed by atoms with E-state index in [-0.39, 0.29) is 26.2 Å². The molecule has 42 heavy (non-hydrogen) atoms. The maximum absolute atomic E-state index is 12.0. The molecule has 0 aliphatic rings. The molecule has 5 N–H and O–H groups in total. The van der Waals surface area contributed by atoms with Crippen LogP contribution in [0.2, 0.25) is 0 Å². The number of hydrogen-bond acceptors (Lipinski definition) is 11. The fourth-order valence-electron chi connectivity index (χ4n) is 3.23. The van der Waals surface area contributed by atoms with Crippen molar-refractivity contribution in [1.29, 1.82) is 0 Å². The number of carbonyl (C=O) groups excluding carboxylic acids is 3. The lowest BCUT2D eigenvalue weighted by atomic mass is 10.2. The van der Waals surface area contributed by atoms with Gasteiger partial charge in [0.25, 0.3) is 0 Å². The summed E-state index contributed by atoms with van der Waals surface area (Å²) >= 11 is 6.69. The van der Waals surface area contributed by atoms with E-state index >= 15 is 0 Å². The average Bonchev–Trinajstić information content (AvgIpc) is 2.90. The second-order valence-electron chi connectivity index (χ2n) is 9.98. The fraction of sp³-hybridized carbons (Fsp3) is 0.464. The highest BCUT2D eigenvalue weighted by molar-refractivity contribution is 9.10. The molecule has 2 aromatic carbocycles. The molecule has 234 valence electrons. The molecule has 0 fully saturated rings. The lowest BCUT2D eigenvalue weighted by Gasteiger charge is -2.27. The number of benzene rings is 2. The number of carbonyl (C=O) groups is 3. The van der Waals surface area contributed by atoms with E-state index in [1.165, 1.54) is 17.1 Å². The standard InChI is InChI=1S/C16H23BrN2O5.C12H17BrN2O3/c1-16(2,3)24-15(22)18-19(10-13(20)14(21)23-4)9-11-5-7-12(17)8-6-11;1-2-18-12(17)11(16)8-15(14)7-9-3-5-10(13)6-4-9/h5-8,13,20H,9-10H2,1-4H3,(H,18,22);3-6,11,16H,2,7-8,14H2,1H3. The Labute approximate surface area is 263 Å². The third-order valence-corrected chi connectivity index (χ3v) is 6.12. The Morgan fingerprint density at radius 2 is 1.36 bits per heavy atom. The van der Waals surface area contributed by atoms with Gasteiger partial charge in [0.2, 0.25) is 0 Å². The van der Waals surface area contributed by atoms with Crippen molar-refractivity contribution >= 4 is 49.9 Å². The van der Waals surface area contributed by atoms with E-state index in [0.717, 1.165) is 20.1 Å². The number of hydrazine groups is 2. The van der Waals surface area contributed by atoms with Gasteiger partial charge in [-0.05, 0) is 63.1 Å². The molecule has 0 aliphatic heterocycles. The van der Waals surface area contributed by atoms with Crippen LogP contribution in [0, 0.1) is 0 Å². The van der Waals surface area contributed by atoms with E-state index in [4.69, 9.17) is 15.3 Å². The van der Waals surface area contributed by atoms with Gasteiger partial charge in [-0.15, -0.1) is 0 Å². The Kier molecular flexibility index (Phi) is 16.8. The highest BCUT2D eigenvalue weighted by atomic mass is 79.9. The van der Waals surface area contributed by atoms with Crippen LogP contribution in [0.25, 0.3) is 0 Å². The second kappa shape index (κ2) is 18.8. The zero-order valence-electron chi connectivity index (χ0n) is 24.4. The van der Waals surface area contributed by atoms with Gasteiger partial charge in [-0.2, -0.15) is 0 Å². The molecule has 0 bridgehead atoms. The molecule has 2 rings (SSSR count). The summed E-state index contributed by atoms with van der Waals surface area (Å²) in [5.74, 6) is 4.31. The minimum atomic E-state index is -1.39. The lowest BCUT2D eigenvalue weighted by molar-refractivity contribution is -0.154. The summed E-state index contributed by atoms with van der Waals surface area (Å²) in [6.45, 7) is 7.79. The molecule has 2 unspecified atom stereocenters. The first-order chi connectivity index (χ1) is 19.6. The number of rotatable bonds is 12. The van der Waals surface area contributed by atoms with Crippen LogP contribution < -0.4 is 11.3 Å². The molecule has 0 saturated heterocycles. The van der Waals surface area contributed by atoms with E-state index in [9.17, 15) is 24.6 Å². The minimum absolute atomic E-state index is 0.0366. The predicted molar refractivity (Wildman–Crippen MR) is 163 cm³/mol. The first-order valence-electron chi connectivity index (χ1n) is 13.0. The number of nitrogens with two attached hydrogens (primary N) is 1. The van der Waals surface area contributed by atoms with Crippen LogP contribution in [-0.2, 0) is 36.9 Å². The molecule has 0 aromatic heterocycles. The first kappa shape index (κ1) is 37.4. The normalized spacial score (nSPS) is 12.6. The zero-order chi connectivity index (χ0) is 31.9. The molecule has 0 aliphatic carbocycles. The van der Waals surface area contributed by atoms with Gasteiger partial charge in [0.05, 0.1) is 26.8 Å². The summed E-state index contributed by atoms with van der Waals surface area (Å²) in [5.41, 5.74) is 3.76. The largest absolute Gasteiger partial charge is 0.467 e. The number of amides is 1. The molecule has 1 amide bonds. The number of esters is 2. The van der Waals surface area contributed by atoms with Crippen molar-refractivity contribution in [2.45, 2.75) is 58.6 Å². The van der Waals surface area contributed by atoms with Crippen molar-refractivity contribution in [2.24, 2.45) is 5.84 Å². The van der Waals surface area contributed by atoms with Crippen LogP contribution in [0.5, 0.6) is 0 Å². The van der Waals surface area contributed by atoms with Gasteiger partial charge < -0.3 is 24.4 Å². The monoisotopic (exact) mass is 718 g/mol. The third kappa shape index (κ3) is 16.2. The summed E-state index contributed by atoms with van der Waals surface area (Å²) in [7, 11) is 1.19. The minimum Gasteiger partial charge on any atom is -0.467 e. The van der Waals surface area contributed by atoms with Crippen molar-refractivity contribution in [2.75, 3.05) is 26.8 Å². The maximum Gasteiger partial charge on any atom is 0.422 e. The number of halogens is 2. The number of methoxy groups -OCH3 is 1. The molecule has 2 aromatic rings. The van der Waals surface area contributed by atoms with Crippen LogP contribution in [0.15, 0.2) is 57.5 Å². The highest BCUT2D eigenvalue weighted by Gasteiger charge is 2.24. The van der Waals surface area contributed by atoms with Crippen molar-refractivity contribution in [3.63, 3.8) is 0 Å². The van der Waals surface area contributed by atoms with Crippen LogP contribution in [0.3, 0.4) is 0 Å². The van der Waals surface area contributed by atoms with Gasteiger partial charge in [0, 0.05) is 22.0 Å². The van der Waals surface area contributed by atoms with Crippen molar-refractivity contribution in [1.82, 2.24) is 15.4 Å². The van der Waals surface area contributed by atoms with Gasteiger partial charge in [-0.1, -0.05) is 56.1 Å². The Balaban J connectivity index is 0.000000437. The van der Waals surface area contributed by atoms with E-state index in [2.05, 4.69) is 42.0 Å². The molecule has 0 saturated carbocycles. The lowest BCUT2D eigenvalue weighted by Crippen LogP contribution is -2.48. The smallest absolute Gasteiger partial charge is 0.422 e. The molecular weight excluding hydrogens is 680 g/mol. The van der Waals surface area contributed by atoms with Crippen molar-refractivity contribution in [3.8, 4) is 0 Å². The topological polar surface area (TPSA) is 164 Å². The van der Waals surface area contributed by atoms with Crippen LogP contribution >= 0.6 is 31.9 Å². The number of nitrogens with zero attached hydrogens (tertiary/aromatic N) is 2. The second-order valence-corrected chi connectivity index (χ2v) is 11.8. The summed E-state index contributed by atoms with van der Waals surface area (Å²) in [6.07, 6.45) is -3.28. The van der Waals surface area contributed by atoms with E-state index in [0.29, 0.717) is 6.54 Å². The number of nitrogens with one attached hydrogen (secondary N) is 1. The van der Waals surface area contributed by atoms with Gasteiger partial charge in [0.15, 0.2) is 12.2 Å². The number of aliphatic hydroxyl groups is 2. The predicted octanol–water partition coefficient (Wildman–Crippen LogP) is 3.27. The Bertz CT molecular complexity index is 1110. The van der Waals surface area contributed by atoms with E-state index in [1.54, 1.807) is 27.7 Å². The molecular formula is C28H40Br2N4O8. The van der Waals surface area contributed by atoms with Gasteiger partial charge in [0.1, 0.15) is 5.60 Å². The van der Waals surface area contributed by atoms with Crippen LogP contribution in [0.4, 0.5) is 4.79 Å². The molecule has 0 spiro atoms. The van der Waals surface area contributed by atoms with Gasteiger partial charge >= 0.3 is 18.0 Å². The van der Waals surface area contributed by atoms with Gasteiger partial charge in [-0.3, -0.25) is 11.3 Å². The average molecular weight is 720 g/mol. The van der Waals surface area contributed by atoms with Crippen molar-refractivity contribution < 1.29 is 38.8 Å². The number of hydrogen-bond donors (Lipinski definition) is 4. The number of aliphatic hydroxyl groups excluding tert-OH is 2. The highest BCUT2D eigenvalue weighted by Crippen LogP contribution is 2.13. The van der Waals surface area contributed by atoms with Crippen LogP contribution in [0.1, 0.15) is 38.8 Å². The van der Waals surface area contributed by atoms with Crippen molar-refractivity contribution in [3.05, 3.63) is 68.6 Å². The molecule has 0 heterocycles. The quantitative estimate of drug-likeness (QED) is 0.110. The SMILES string of the molecule is CCOC(=O)C(O)CN(N)Cc1ccc(Br)cc1.COC(=O)C(O)CN(Cc1ccc(Br)cc1)NC(=O)OC(C)(C)C. The Morgan fingerprint density at radius 1 is 0.881 bits per heavy atom. The summed E-state index contributed by atoms with van der Waals surface area (Å²) in [4.78, 5) is 34.6.